The fraction of sp³-hybridized carbons (Fsp3) is 0.107. The number of ether oxygens (including phenoxy) is 1. The summed E-state index contributed by atoms with van der Waals surface area (Å²) < 4.78 is 32.0. The summed E-state index contributed by atoms with van der Waals surface area (Å²) in [6.07, 6.45) is 7.76. The Balaban J connectivity index is 1.54. The normalized spacial score (nSPS) is 19.4. The van der Waals surface area contributed by atoms with Gasteiger partial charge in [-0.15, -0.1) is 6.42 Å². The molecule has 7 nitrogen and oxygen atoms in total. The van der Waals surface area contributed by atoms with Crippen LogP contribution in [0.3, 0.4) is 0 Å². The number of nitrogens with zero attached hydrogens (tertiary/aromatic N) is 2. The summed E-state index contributed by atoms with van der Waals surface area (Å²) in [6.45, 7) is 0. The second-order valence-electron chi connectivity index (χ2n) is 8.27. The lowest BCUT2D eigenvalue weighted by Crippen LogP contribution is -2.62. The maximum Gasteiger partial charge on any atom is 0.357 e. The molecule has 0 aliphatic carbocycles. The zero-order valence-electron chi connectivity index (χ0n) is 18.9. The van der Waals surface area contributed by atoms with Crippen molar-refractivity contribution in [2.75, 3.05) is 5.75 Å². The first-order valence-corrected chi connectivity index (χ1v) is 12.8. The average molecular weight is 497 g/mol. The minimum absolute atomic E-state index is 0.0257. The summed E-state index contributed by atoms with van der Waals surface area (Å²) in [6, 6.07) is 23.3. The summed E-state index contributed by atoms with van der Waals surface area (Å²) in [5.74, 6) is 0.231. The van der Waals surface area contributed by atoms with Crippen LogP contribution in [-0.2, 0) is 24.2 Å². The van der Waals surface area contributed by atoms with E-state index in [-0.39, 0.29) is 16.8 Å². The number of fused-ring (bicyclic) bond motifs is 1. The van der Waals surface area contributed by atoms with Gasteiger partial charge in [-0.2, -0.15) is 0 Å². The van der Waals surface area contributed by atoms with Gasteiger partial charge in [-0.3, -0.25) is 14.7 Å². The first-order valence-electron chi connectivity index (χ1n) is 11.1. The predicted octanol–water partition coefficient (Wildman–Crippen LogP) is 3.28. The number of hydrogen-bond donors (Lipinski definition) is 0. The zero-order valence-corrected chi connectivity index (χ0v) is 19.8. The third kappa shape index (κ3) is 4.10. The van der Waals surface area contributed by atoms with E-state index in [9.17, 15) is 18.0 Å². The van der Waals surface area contributed by atoms with Gasteiger partial charge >= 0.3 is 5.97 Å². The van der Waals surface area contributed by atoms with Gasteiger partial charge in [-0.05, 0) is 29.3 Å². The molecular weight excluding hydrogens is 476 g/mol. The van der Waals surface area contributed by atoms with Gasteiger partial charge in [0, 0.05) is 11.8 Å². The van der Waals surface area contributed by atoms with Crippen LogP contribution in [0, 0.1) is 12.3 Å². The van der Waals surface area contributed by atoms with Crippen LogP contribution >= 0.6 is 0 Å². The fourth-order valence-electron chi connectivity index (χ4n) is 4.32. The van der Waals surface area contributed by atoms with Gasteiger partial charge in [0.2, 0.25) is 0 Å². The molecule has 5 rings (SSSR count). The van der Waals surface area contributed by atoms with Gasteiger partial charge in [0.25, 0.3) is 5.91 Å². The lowest BCUT2D eigenvalue weighted by atomic mass is 10.00. The molecule has 2 aromatic carbocycles. The zero-order chi connectivity index (χ0) is 25.3. The van der Waals surface area contributed by atoms with Crippen LogP contribution in [0.1, 0.15) is 22.9 Å². The van der Waals surface area contributed by atoms with E-state index in [1.165, 1.54) is 12.3 Å². The summed E-state index contributed by atoms with van der Waals surface area (Å²) in [4.78, 5) is 31.7. The molecule has 2 aliphatic heterocycles. The maximum atomic E-state index is 13.5. The Bertz CT molecular complexity index is 1500. The standard InChI is InChI=1S/C28H20N2O5S/c1-2-19-18-36(33,34)27-23(17-22-15-9-10-16-29-22)26(31)30(27)24(19)28(32)35-25(20-11-5-3-6-12-20)21-13-7-4-8-14-21/h1,3-17,25,27H,18H2/b23-17-/t27-/m1/s1. The van der Waals surface area contributed by atoms with Crippen molar-refractivity contribution in [2.45, 2.75) is 11.5 Å². The van der Waals surface area contributed by atoms with Crippen molar-refractivity contribution in [2.24, 2.45) is 0 Å². The molecule has 1 fully saturated rings. The van der Waals surface area contributed by atoms with Crippen molar-refractivity contribution >= 4 is 27.8 Å². The van der Waals surface area contributed by atoms with Gasteiger partial charge in [-0.25, -0.2) is 13.2 Å². The first-order chi connectivity index (χ1) is 17.4. The molecule has 1 aromatic heterocycles. The quantitative estimate of drug-likeness (QED) is 0.233. The van der Waals surface area contributed by atoms with Gasteiger partial charge < -0.3 is 4.74 Å². The Morgan fingerprint density at radius 2 is 1.64 bits per heavy atom. The maximum absolute atomic E-state index is 13.5. The number of carbonyl (C=O) groups excluding carboxylic acids is 2. The molecule has 3 heterocycles. The molecule has 2 aliphatic rings. The van der Waals surface area contributed by atoms with Gasteiger partial charge in [-0.1, -0.05) is 72.7 Å². The van der Waals surface area contributed by atoms with Crippen molar-refractivity contribution in [1.29, 1.82) is 0 Å². The molecule has 0 spiro atoms. The van der Waals surface area contributed by atoms with E-state index in [4.69, 9.17) is 11.2 Å². The van der Waals surface area contributed by atoms with Crippen LogP contribution in [0.15, 0.2) is 102 Å². The smallest absolute Gasteiger partial charge is 0.357 e. The summed E-state index contributed by atoms with van der Waals surface area (Å²) in [5, 5.41) is -1.33. The number of hydrogen-bond acceptors (Lipinski definition) is 6. The second-order valence-corrected chi connectivity index (χ2v) is 10.3. The Hall–Kier alpha value is -4.48. The van der Waals surface area contributed by atoms with Crippen molar-refractivity contribution in [1.82, 2.24) is 9.88 Å². The lowest BCUT2D eigenvalue weighted by Gasteiger charge is -2.45. The van der Waals surface area contributed by atoms with Gasteiger partial charge in [0.05, 0.1) is 17.0 Å². The SMILES string of the molecule is C#CC1=C(C(=O)OC(c2ccccc2)c2ccccc2)N2C(=O)/C(=C/c3ccccn3)[C@H]2S(=O)(=O)C1. The summed E-state index contributed by atoms with van der Waals surface area (Å²) in [5.41, 5.74) is 1.55. The van der Waals surface area contributed by atoms with Crippen molar-refractivity contribution in [3.63, 3.8) is 0 Å². The third-order valence-electron chi connectivity index (χ3n) is 5.97. The van der Waals surface area contributed by atoms with E-state index in [2.05, 4.69) is 10.9 Å². The molecule has 1 saturated heterocycles. The van der Waals surface area contributed by atoms with E-state index in [0.717, 1.165) is 4.90 Å². The fourth-order valence-corrected chi connectivity index (χ4v) is 6.18. The lowest BCUT2D eigenvalue weighted by molar-refractivity contribution is -0.149. The van der Waals surface area contributed by atoms with E-state index >= 15 is 0 Å². The number of amides is 1. The van der Waals surface area contributed by atoms with Crippen LogP contribution in [0.4, 0.5) is 0 Å². The molecule has 36 heavy (non-hydrogen) atoms. The Labute approximate surface area is 208 Å². The number of β-lactam (4-membered cyclic amide) rings is 1. The molecule has 0 saturated carbocycles. The molecule has 0 bridgehead atoms. The predicted molar refractivity (Wildman–Crippen MR) is 133 cm³/mol. The van der Waals surface area contributed by atoms with Crippen molar-refractivity contribution in [3.8, 4) is 12.3 Å². The molecule has 0 unspecified atom stereocenters. The highest BCUT2D eigenvalue weighted by Crippen LogP contribution is 2.41. The number of esters is 1. The molecular formula is C28H20N2O5S. The number of rotatable bonds is 5. The largest absolute Gasteiger partial charge is 0.448 e. The summed E-state index contributed by atoms with van der Waals surface area (Å²) in [7, 11) is -3.89. The topological polar surface area (TPSA) is 93.6 Å². The van der Waals surface area contributed by atoms with Crippen LogP contribution in [0.2, 0.25) is 0 Å². The van der Waals surface area contributed by atoms with E-state index in [1.54, 1.807) is 18.2 Å². The minimum atomic E-state index is -3.89. The number of sulfone groups is 1. The van der Waals surface area contributed by atoms with Crippen molar-refractivity contribution in [3.05, 3.63) is 119 Å². The number of benzene rings is 2. The molecule has 1 atom stereocenters. The number of carbonyl (C=O) groups is 2. The monoisotopic (exact) mass is 496 g/mol. The van der Waals surface area contributed by atoms with E-state index < -0.39 is 38.9 Å². The average Bonchev–Trinajstić information content (AvgIpc) is 2.91. The molecule has 1 amide bonds. The van der Waals surface area contributed by atoms with E-state index in [1.807, 2.05) is 60.7 Å². The van der Waals surface area contributed by atoms with Crippen molar-refractivity contribution < 1.29 is 22.7 Å². The first kappa shape index (κ1) is 23.3. The van der Waals surface area contributed by atoms with Crippen LogP contribution in [-0.4, -0.2) is 41.3 Å². The molecule has 3 aromatic rings. The highest BCUT2D eigenvalue weighted by atomic mass is 32.2. The Morgan fingerprint density at radius 1 is 1.03 bits per heavy atom. The van der Waals surface area contributed by atoms with Crippen LogP contribution in [0.5, 0.6) is 0 Å². The molecule has 178 valence electrons. The second kappa shape index (κ2) is 9.29. The highest BCUT2D eigenvalue weighted by Gasteiger charge is 2.57. The highest BCUT2D eigenvalue weighted by molar-refractivity contribution is 7.92. The third-order valence-corrected chi connectivity index (χ3v) is 7.80. The Morgan fingerprint density at radius 3 is 2.19 bits per heavy atom. The van der Waals surface area contributed by atoms with Crippen LogP contribution < -0.4 is 0 Å². The van der Waals surface area contributed by atoms with Gasteiger partial charge in [0.15, 0.2) is 21.3 Å². The Kier molecular flexibility index (Phi) is 6.00. The van der Waals surface area contributed by atoms with Gasteiger partial charge in [0.1, 0.15) is 5.70 Å². The molecule has 0 radical (unpaired) electrons. The van der Waals surface area contributed by atoms with E-state index in [0.29, 0.717) is 16.8 Å². The number of terminal acetylenes is 1. The molecule has 8 heteroatoms. The molecule has 0 N–H and O–H groups in total. The number of pyridine rings is 1. The number of aromatic nitrogens is 1. The minimum Gasteiger partial charge on any atom is -0.448 e. The summed E-state index contributed by atoms with van der Waals surface area (Å²) >= 11 is 0. The van der Waals surface area contributed by atoms with Crippen LogP contribution in [0.25, 0.3) is 6.08 Å².